The number of halogens is 3. The Labute approximate surface area is 191 Å². The van der Waals surface area contributed by atoms with Crippen LogP contribution in [-0.4, -0.2) is 26.3 Å². The molecule has 1 heterocycles. The lowest BCUT2D eigenvalue weighted by Gasteiger charge is -2.29. The third-order valence-electron chi connectivity index (χ3n) is 5.19. The lowest BCUT2D eigenvalue weighted by molar-refractivity contribution is 0.122. The molecule has 0 radical (unpaired) electrons. The van der Waals surface area contributed by atoms with Crippen molar-refractivity contribution in [2.45, 2.75) is 13.2 Å². The van der Waals surface area contributed by atoms with E-state index in [-0.39, 0.29) is 12.4 Å². The molecule has 1 N–H and O–H groups in total. The number of anilines is 2. The molecule has 1 saturated heterocycles. The van der Waals surface area contributed by atoms with Gasteiger partial charge in [-0.15, -0.1) is 0 Å². The summed E-state index contributed by atoms with van der Waals surface area (Å²) in [6.07, 6.45) is 0. The number of hydrogen-bond donors (Lipinski definition) is 1. The predicted molar refractivity (Wildman–Crippen MR) is 124 cm³/mol. The Morgan fingerprint density at radius 3 is 2.55 bits per heavy atom. The van der Waals surface area contributed by atoms with Crippen LogP contribution >= 0.6 is 23.2 Å². The lowest BCUT2D eigenvalue weighted by Crippen LogP contribution is -2.36. The summed E-state index contributed by atoms with van der Waals surface area (Å²) in [5, 5.41) is 4.44. The van der Waals surface area contributed by atoms with Gasteiger partial charge in [-0.2, -0.15) is 0 Å². The Morgan fingerprint density at radius 1 is 0.968 bits per heavy atom. The third kappa shape index (κ3) is 5.42. The second-order valence-electron chi connectivity index (χ2n) is 7.22. The minimum atomic E-state index is -0.377. The minimum Gasteiger partial charge on any atom is -0.488 e. The average molecular weight is 461 g/mol. The maximum Gasteiger partial charge on any atom is 0.131 e. The van der Waals surface area contributed by atoms with Crippen LogP contribution in [0.25, 0.3) is 0 Å². The molecule has 0 aromatic heterocycles. The highest BCUT2D eigenvalue weighted by atomic mass is 35.5. The maximum absolute atomic E-state index is 14.0. The van der Waals surface area contributed by atoms with E-state index in [4.69, 9.17) is 32.7 Å². The highest BCUT2D eigenvalue weighted by Gasteiger charge is 2.15. The van der Waals surface area contributed by atoms with Crippen molar-refractivity contribution in [2.24, 2.45) is 0 Å². The molecule has 0 aliphatic carbocycles. The average Bonchev–Trinajstić information content (AvgIpc) is 2.79. The quantitative estimate of drug-likeness (QED) is 0.457. The largest absolute Gasteiger partial charge is 0.488 e. The van der Waals surface area contributed by atoms with Crippen LogP contribution in [0.1, 0.15) is 11.1 Å². The monoisotopic (exact) mass is 460 g/mol. The third-order valence-corrected chi connectivity index (χ3v) is 5.85. The van der Waals surface area contributed by atoms with Gasteiger partial charge >= 0.3 is 0 Å². The molecule has 0 unspecified atom stereocenters. The first-order valence-corrected chi connectivity index (χ1v) is 10.9. The maximum atomic E-state index is 14.0. The molecule has 0 amide bonds. The van der Waals surface area contributed by atoms with Crippen LogP contribution in [0, 0.1) is 5.82 Å². The molecule has 1 aliphatic heterocycles. The second-order valence-corrected chi connectivity index (χ2v) is 8.03. The number of rotatable bonds is 7. The zero-order chi connectivity index (χ0) is 21.6. The second kappa shape index (κ2) is 10.2. The number of ether oxygens (including phenoxy) is 2. The van der Waals surface area contributed by atoms with Gasteiger partial charge in [0, 0.05) is 36.4 Å². The first-order chi connectivity index (χ1) is 15.1. The van der Waals surface area contributed by atoms with Gasteiger partial charge in [-0.3, -0.25) is 0 Å². The van der Waals surface area contributed by atoms with Crippen molar-refractivity contribution < 1.29 is 13.9 Å². The zero-order valence-electron chi connectivity index (χ0n) is 16.9. The summed E-state index contributed by atoms with van der Waals surface area (Å²) in [4.78, 5) is 2.23. The summed E-state index contributed by atoms with van der Waals surface area (Å²) in [6, 6.07) is 18.2. The topological polar surface area (TPSA) is 33.7 Å². The van der Waals surface area contributed by atoms with Crippen LogP contribution in [0.4, 0.5) is 15.8 Å². The summed E-state index contributed by atoms with van der Waals surface area (Å²) >= 11 is 12.6. The molecule has 1 fully saturated rings. The molecule has 7 heteroatoms. The number of nitrogens with one attached hydrogen (secondary N) is 1. The Kier molecular flexibility index (Phi) is 7.17. The molecule has 31 heavy (non-hydrogen) atoms. The van der Waals surface area contributed by atoms with E-state index in [0.29, 0.717) is 41.1 Å². The minimum absolute atomic E-state index is 0.0581. The standard InChI is InChI=1S/C24H23Cl2FN2O2/c25-20-5-3-6-22(27)19(20)16-31-24-7-2-1-4-17(24)15-28-18-8-9-23(21(26)14-18)29-10-12-30-13-11-29/h1-9,14,28H,10-13,15-16H2. The Bertz CT molecular complexity index is 1020. The summed E-state index contributed by atoms with van der Waals surface area (Å²) < 4.78 is 25.3. The van der Waals surface area contributed by atoms with Gasteiger partial charge in [-0.1, -0.05) is 47.5 Å². The predicted octanol–water partition coefficient (Wildman–Crippen LogP) is 6.16. The number of benzene rings is 3. The van der Waals surface area contributed by atoms with Crippen molar-refractivity contribution in [1.29, 1.82) is 0 Å². The number of hydrogen-bond acceptors (Lipinski definition) is 4. The molecule has 0 saturated carbocycles. The van der Waals surface area contributed by atoms with Gasteiger partial charge in [-0.25, -0.2) is 4.39 Å². The van der Waals surface area contributed by atoms with Crippen molar-refractivity contribution >= 4 is 34.6 Å². The summed E-state index contributed by atoms with van der Waals surface area (Å²) in [5.41, 5.74) is 3.22. The van der Waals surface area contributed by atoms with Crippen LogP contribution in [0.5, 0.6) is 5.75 Å². The van der Waals surface area contributed by atoms with Gasteiger partial charge in [0.25, 0.3) is 0 Å². The van der Waals surface area contributed by atoms with Crippen LogP contribution in [0.15, 0.2) is 60.7 Å². The highest BCUT2D eigenvalue weighted by molar-refractivity contribution is 6.33. The molecular weight excluding hydrogens is 438 g/mol. The molecule has 0 atom stereocenters. The fourth-order valence-corrected chi connectivity index (χ4v) is 4.00. The molecule has 0 bridgehead atoms. The van der Waals surface area contributed by atoms with E-state index in [1.54, 1.807) is 12.1 Å². The molecular formula is C24H23Cl2FN2O2. The van der Waals surface area contributed by atoms with Gasteiger partial charge in [0.2, 0.25) is 0 Å². The van der Waals surface area contributed by atoms with Crippen LogP contribution in [-0.2, 0) is 17.9 Å². The summed E-state index contributed by atoms with van der Waals surface area (Å²) in [5.74, 6) is 0.295. The first kappa shape index (κ1) is 21.8. The van der Waals surface area contributed by atoms with Gasteiger partial charge in [-0.05, 0) is 36.4 Å². The normalized spacial score (nSPS) is 13.8. The van der Waals surface area contributed by atoms with E-state index >= 15 is 0 Å². The molecule has 4 rings (SSSR count). The van der Waals surface area contributed by atoms with E-state index in [9.17, 15) is 4.39 Å². The van der Waals surface area contributed by atoms with Crippen LogP contribution in [0.2, 0.25) is 10.0 Å². The smallest absolute Gasteiger partial charge is 0.131 e. The zero-order valence-corrected chi connectivity index (χ0v) is 18.4. The van der Waals surface area contributed by atoms with E-state index in [1.807, 2.05) is 42.5 Å². The van der Waals surface area contributed by atoms with Crippen LogP contribution < -0.4 is 15.0 Å². The van der Waals surface area contributed by atoms with Crippen molar-refractivity contribution in [3.63, 3.8) is 0 Å². The van der Waals surface area contributed by atoms with E-state index in [1.165, 1.54) is 6.07 Å². The Morgan fingerprint density at radius 2 is 1.77 bits per heavy atom. The van der Waals surface area contributed by atoms with Crippen molar-refractivity contribution in [3.05, 3.63) is 87.7 Å². The fourth-order valence-electron chi connectivity index (χ4n) is 3.49. The Balaban J connectivity index is 1.41. The highest BCUT2D eigenvalue weighted by Crippen LogP contribution is 2.30. The molecule has 0 spiro atoms. The lowest BCUT2D eigenvalue weighted by atomic mass is 10.2. The SMILES string of the molecule is Fc1cccc(Cl)c1COc1ccccc1CNc1ccc(N2CCOCC2)c(Cl)c1. The van der Waals surface area contributed by atoms with E-state index in [0.717, 1.165) is 30.0 Å². The molecule has 1 aliphatic rings. The molecule has 3 aromatic carbocycles. The van der Waals surface area contributed by atoms with E-state index in [2.05, 4.69) is 10.2 Å². The van der Waals surface area contributed by atoms with Crippen molar-refractivity contribution in [1.82, 2.24) is 0 Å². The molecule has 3 aromatic rings. The Hall–Kier alpha value is -2.47. The van der Waals surface area contributed by atoms with Crippen molar-refractivity contribution in [2.75, 3.05) is 36.5 Å². The molecule has 4 nitrogen and oxygen atoms in total. The summed E-state index contributed by atoms with van der Waals surface area (Å²) in [6.45, 7) is 3.69. The van der Waals surface area contributed by atoms with Gasteiger partial charge < -0.3 is 19.7 Å². The van der Waals surface area contributed by atoms with Gasteiger partial charge in [0.15, 0.2) is 0 Å². The number of nitrogens with zero attached hydrogens (tertiary/aromatic N) is 1. The summed E-state index contributed by atoms with van der Waals surface area (Å²) in [7, 11) is 0. The first-order valence-electron chi connectivity index (χ1n) is 10.1. The fraction of sp³-hybridized carbons (Fsp3) is 0.250. The van der Waals surface area contributed by atoms with Crippen LogP contribution in [0.3, 0.4) is 0 Å². The molecule has 162 valence electrons. The number of para-hydroxylation sites is 1. The van der Waals surface area contributed by atoms with Crippen molar-refractivity contribution in [3.8, 4) is 5.75 Å². The number of morpholine rings is 1. The van der Waals surface area contributed by atoms with E-state index < -0.39 is 0 Å². The van der Waals surface area contributed by atoms with Gasteiger partial charge in [0.05, 0.1) is 28.9 Å². The van der Waals surface area contributed by atoms with Gasteiger partial charge in [0.1, 0.15) is 18.2 Å².